The van der Waals surface area contributed by atoms with Gasteiger partial charge < -0.3 is 15.4 Å². The molecule has 1 aliphatic rings. The number of nitrogens with one attached hydrogen (secondary N) is 2. The van der Waals surface area contributed by atoms with Crippen LogP contribution in [0.2, 0.25) is 5.02 Å². The Morgan fingerprint density at radius 3 is 2.42 bits per heavy atom. The Balaban J connectivity index is 1.58. The summed E-state index contributed by atoms with van der Waals surface area (Å²) >= 11 is 5.87. The monoisotopic (exact) mass is 344 g/mol. The van der Waals surface area contributed by atoms with Crippen molar-refractivity contribution in [1.29, 1.82) is 0 Å². The maximum absolute atomic E-state index is 12.2. The smallest absolute Gasteiger partial charge is 0.315 e. The molecule has 1 atom stereocenters. The van der Waals surface area contributed by atoms with Crippen LogP contribution in [0.5, 0.6) is 5.75 Å². The van der Waals surface area contributed by atoms with Crippen molar-refractivity contribution in [3.05, 3.63) is 64.7 Å². The number of urea groups is 1. The third-order valence-electron chi connectivity index (χ3n) is 4.22. The van der Waals surface area contributed by atoms with E-state index in [-0.39, 0.29) is 12.1 Å². The fourth-order valence-corrected chi connectivity index (χ4v) is 2.82. The molecule has 0 heterocycles. The Morgan fingerprint density at radius 2 is 1.83 bits per heavy atom. The van der Waals surface area contributed by atoms with Crippen LogP contribution in [-0.2, 0) is 6.54 Å². The normalized spacial score (nSPS) is 14.8. The fraction of sp³-hybridized carbons (Fsp3) is 0.316. The SMILES string of the molecule is COc1ccc(C(NC(=O)NCc2ccc(Cl)cc2)C2CC2)cc1. The lowest BCUT2D eigenvalue weighted by Crippen LogP contribution is -2.38. The van der Waals surface area contributed by atoms with Gasteiger partial charge in [0.1, 0.15) is 5.75 Å². The lowest BCUT2D eigenvalue weighted by molar-refractivity contribution is 0.235. The Bertz CT molecular complexity index is 682. The van der Waals surface area contributed by atoms with Gasteiger partial charge in [-0.2, -0.15) is 0 Å². The molecule has 24 heavy (non-hydrogen) atoms. The van der Waals surface area contributed by atoms with Crippen molar-refractivity contribution in [2.75, 3.05) is 7.11 Å². The van der Waals surface area contributed by atoms with Crippen molar-refractivity contribution in [3.63, 3.8) is 0 Å². The number of hydrogen-bond donors (Lipinski definition) is 2. The average molecular weight is 345 g/mol. The molecule has 126 valence electrons. The zero-order valence-corrected chi connectivity index (χ0v) is 14.3. The molecule has 5 heteroatoms. The van der Waals surface area contributed by atoms with Crippen LogP contribution in [0.25, 0.3) is 0 Å². The summed E-state index contributed by atoms with van der Waals surface area (Å²) in [5, 5.41) is 6.69. The molecular weight excluding hydrogens is 324 g/mol. The Morgan fingerprint density at radius 1 is 1.17 bits per heavy atom. The van der Waals surface area contributed by atoms with Crippen molar-refractivity contribution >= 4 is 17.6 Å². The summed E-state index contributed by atoms with van der Waals surface area (Å²) in [4.78, 5) is 12.2. The van der Waals surface area contributed by atoms with E-state index in [4.69, 9.17) is 16.3 Å². The van der Waals surface area contributed by atoms with Crippen molar-refractivity contribution in [3.8, 4) is 5.75 Å². The van der Waals surface area contributed by atoms with Crippen LogP contribution in [0.15, 0.2) is 48.5 Å². The predicted molar refractivity (Wildman–Crippen MR) is 95.3 cm³/mol. The van der Waals surface area contributed by atoms with E-state index in [9.17, 15) is 4.79 Å². The van der Waals surface area contributed by atoms with E-state index in [2.05, 4.69) is 10.6 Å². The van der Waals surface area contributed by atoms with E-state index in [1.807, 2.05) is 48.5 Å². The van der Waals surface area contributed by atoms with E-state index in [0.717, 1.165) is 29.7 Å². The third-order valence-corrected chi connectivity index (χ3v) is 4.47. The minimum absolute atomic E-state index is 0.0427. The molecule has 0 spiro atoms. The van der Waals surface area contributed by atoms with Crippen molar-refractivity contribution in [2.45, 2.75) is 25.4 Å². The van der Waals surface area contributed by atoms with Crippen molar-refractivity contribution < 1.29 is 9.53 Å². The number of methoxy groups -OCH3 is 1. The van der Waals surface area contributed by atoms with Gasteiger partial charge in [0, 0.05) is 11.6 Å². The first-order valence-corrected chi connectivity index (χ1v) is 8.46. The number of benzene rings is 2. The lowest BCUT2D eigenvalue weighted by atomic mass is 10.0. The number of halogens is 1. The van der Waals surface area contributed by atoms with Gasteiger partial charge in [-0.1, -0.05) is 35.9 Å². The molecule has 0 radical (unpaired) electrons. The van der Waals surface area contributed by atoms with E-state index in [0.29, 0.717) is 17.5 Å². The molecule has 2 N–H and O–H groups in total. The van der Waals surface area contributed by atoms with Crippen LogP contribution in [0.4, 0.5) is 4.79 Å². The van der Waals surface area contributed by atoms with Gasteiger partial charge in [-0.15, -0.1) is 0 Å². The molecule has 1 saturated carbocycles. The summed E-state index contributed by atoms with van der Waals surface area (Å²) < 4.78 is 5.19. The van der Waals surface area contributed by atoms with Gasteiger partial charge in [0.2, 0.25) is 0 Å². The molecule has 1 aliphatic carbocycles. The van der Waals surface area contributed by atoms with Gasteiger partial charge >= 0.3 is 6.03 Å². The molecule has 1 fully saturated rings. The van der Waals surface area contributed by atoms with Gasteiger partial charge in [0.05, 0.1) is 13.2 Å². The second-order valence-corrected chi connectivity index (χ2v) is 6.48. The molecule has 4 nitrogen and oxygen atoms in total. The third kappa shape index (κ3) is 4.42. The highest BCUT2D eigenvalue weighted by Crippen LogP contribution is 2.41. The van der Waals surface area contributed by atoms with Crippen LogP contribution in [0.1, 0.15) is 30.0 Å². The molecule has 2 aromatic carbocycles. The summed E-state index contributed by atoms with van der Waals surface area (Å²) in [6, 6.07) is 15.2. The minimum Gasteiger partial charge on any atom is -0.497 e. The number of carbonyl (C=O) groups excluding carboxylic acids is 1. The van der Waals surface area contributed by atoms with Gasteiger partial charge in [-0.05, 0) is 54.2 Å². The molecule has 0 saturated heterocycles. The second-order valence-electron chi connectivity index (χ2n) is 6.04. The number of carbonyl (C=O) groups is 1. The Hall–Kier alpha value is -2.20. The summed E-state index contributed by atoms with van der Waals surface area (Å²) in [7, 11) is 1.65. The Kier molecular flexibility index (Phi) is 5.26. The molecule has 0 aliphatic heterocycles. The zero-order chi connectivity index (χ0) is 16.9. The van der Waals surface area contributed by atoms with Crippen molar-refractivity contribution in [2.24, 2.45) is 5.92 Å². The quantitative estimate of drug-likeness (QED) is 0.820. The first kappa shape index (κ1) is 16.7. The van der Waals surface area contributed by atoms with E-state index < -0.39 is 0 Å². The van der Waals surface area contributed by atoms with Gasteiger partial charge in [-0.25, -0.2) is 4.79 Å². The fourth-order valence-electron chi connectivity index (χ4n) is 2.69. The van der Waals surface area contributed by atoms with Crippen LogP contribution in [0.3, 0.4) is 0 Å². The topological polar surface area (TPSA) is 50.4 Å². The first-order valence-electron chi connectivity index (χ1n) is 8.08. The molecule has 0 bridgehead atoms. The van der Waals surface area contributed by atoms with Gasteiger partial charge in [0.25, 0.3) is 0 Å². The maximum Gasteiger partial charge on any atom is 0.315 e. The zero-order valence-electron chi connectivity index (χ0n) is 13.6. The average Bonchev–Trinajstić information content (AvgIpc) is 3.44. The summed E-state index contributed by atoms with van der Waals surface area (Å²) in [5.74, 6) is 1.33. The lowest BCUT2D eigenvalue weighted by Gasteiger charge is -2.19. The molecule has 3 rings (SSSR count). The first-order chi connectivity index (χ1) is 11.7. The van der Waals surface area contributed by atoms with Gasteiger partial charge in [-0.3, -0.25) is 0 Å². The van der Waals surface area contributed by atoms with Crippen LogP contribution >= 0.6 is 11.6 Å². The highest BCUT2D eigenvalue weighted by molar-refractivity contribution is 6.30. The molecule has 2 amide bonds. The molecule has 0 aromatic heterocycles. The van der Waals surface area contributed by atoms with Crippen LogP contribution in [-0.4, -0.2) is 13.1 Å². The predicted octanol–water partition coefficient (Wildman–Crippen LogP) is 4.30. The number of ether oxygens (including phenoxy) is 1. The standard InChI is InChI=1S/C19H21ClN2O2/c1-24-17-10-6-15(7-11-17)18(14-4-5-14)22-19(23)21-12-13-2-8-16(20)9-3-13/h2-3,6-11,14,18H,4-5,12H2,1H3,(H2,21,22,23). The summed E-state index contributed by atoms with van der Waals surface area (Å²) in [6.45, 7) is 0.475. The summed E-state index contributed by atoms with van der Waals surface area (Å²) in [5.41, 5.74) is 2.13. The number of amides is 2. The van der Waals surface area contributed by atoms with Crippen LogP contribution < -0.4 is 15.4 Å². The number of hydrogen-bond acceptors (Lipinski definition) is 2. The van der Waals surface area contributed by atoms with Crippen molar-refractivity contribution in [1.82, 2.24) is 10.6 Å². The van der Waals surface area contributed by atoms with E-state index >= 15 is 0 Å². The molecular formula is C19H21ClN2O2. The summed E-state index contributed by atoms with van der Waals surface area (Å²) in [6.07, 6.45) is 2.29. The second kappa shape index (κ2) is 7.58. The molecule has 2 aromatic rings. The minimum atomic E-state index is -0.155. The highest BCUT2D eigenvalue weighted by atomic mass is 35.5. The van der Waals surface area contributed by atoms with E-state index in [1.54, 1.807) is 7.11 Å². The molecule has 1 unspecified atom stereocenters. The van der Waals surface area contributed by atoms with E-state index in [1.165, 1.54) is 0 Å². The van der Waals surface area contributed by atoms with Gasteiger partial charge in [0.15, 0.2) is 0 Å². The number of rotatable bonds is 6. The van der Waals surface area contributed by atoms with Crippen LogP contribution in [0, 0.1) is 5.92 Å². The largest absolute Gasteiger partial charge is 0.497 e. The highest BCUT2D eigenvalue weighted by Gasteiger charge is 2.33. The Labute approximate surface area is 147 Å². The maximum atomic E-state index is 12.2.